The van der Waals surface area contributed by atoms with E-state index in [1.807, 2.05) is 6.92 Å². The SMILES string of the molecule is COc1ccc(S(=O)(=O)Nc2ccc3c(c2)CN(C)C(=O)N3)c(C)c1C. The fourth-order valence-corrected chi connectivity index (χ4v) is 4.29. The molecule has 1 aliphatic rings. The molecule has 0 aromatic heterocycles. The second-order valence-corrected chi connectivity index (χ2v) is 7.93. The van der Waals surface area contributed by atoms with E-state index in [2.05, 4.69) is 10.0 Å². The molecular weight excluding hydrogens is 354 g/mol. The molecule has 0 atom stereocenters. The zero-order valence-electron chi connectivity index (χ0n) is 15.1. The molecule has 0 radical (unpaired) electrons. The molecule has 1 aliphatic heterocycles. The summed E-state index contributed by atoms with van der Waals surface area (Å²) in [5.74, 6) is 0.647. The molecule has 0 spiro atoms. The van der Waals surface area contributed by atoms with Crippen LogP contribution in [0.25, 0.3) is 0 Å². The number of carbonyl (C=O) groups is 1. The van der Waals surface area contributed by atoms with Crippen molar-refractivity contribution in [2.45, 2.75) is 25.3 Å². The maximum absolute atomic E-state index is 12.8. The van der Waals surface area contributed by atoms with E-state index in [1.54, 1.807) is 45.3 Å². The Bertz CT molecular complexity index is 986. The lowest BCUT2D eigenvalue weighted by Gasteiger charge is -2.26. The summed E-state index contributed by atoms with van der Waals surface area (Å²) in [4.78, 5) is 13.4. The van der Waals surface area contributed by atoms with Gasteiger partial charge in [0.25, 0.3) is 10.0 Å². The number of carbonyl (C=O) groups excluding carboxylic acids is 1. The van der Waals surface area contributed by atoms with Crippen molar-refractivity contribution in [3.05, 3.63) is 47.0 Å². The van der Waals surface area contributed by atoms with Gasteiger partial charge in [0, 0.05) is 25.0 Å². The van der Waals surface area contributed by atoms with Crippen molar-refractivity contribution in [2.24, 2.45) is 0 Å². The van der Waals surface area contributed by atoms with Gasteiger partial charge in [-0.1, -0.05) is 0 Å². The summed E-state index contributed by atoms with van der Waals surface area (Å²) < 4.78 is 33.5. The highest BCUT2D eigenvalue weighted by atomic mass is 32.2. The number of nitrogens with one attached hydrogen (secondary N) is 2. The molecule has 2 N–H and O–H groups in total. The molecule has 0 saturated heterocycles. The summed E-state index contributed by atoms with van der Waals surface area (Å²) in [6.07, 6.45) is 0. The number of methoxy groups -OCH3 is 1. The molecule has 7 nitrogen and oxygen atoms in total. The Kier molecular flexibility index (Phi) is 4.53. The smallest absolute Gasteiger partial charge is 0.321 e. The van der Waals surface area contributed by atoms with Gasteiger partial charge in [0.05, 0.1) is 12.0 Å². The molecule has 0 bridgehead atoms. The van der Waals surface area contributed by atoms with Crippen molar-refractivity contribution in [1.29, 1.82) is 0 Å². The number of benzene rings is 2. The summed E-state index contributed by atoms with van der Waals surface area (Å²) in [7, 11) is -0.517. The molecular formula is C18H21N3O4S. The number of hydrogen-bond donors (Lipinski definition) is 2. The fourth-order valence-electron chi connectivity index (χ4n) is 2.94. The van der Waals surface area contributed by atoms with Gasteiger partial charge in [-0.05, 0) is 60.9 Å². The first kappa shape index (κ1) is 18.1. The van der Waals surface area contributed by atoms with Gasteiger partial charge in [-0.25, -0.2) is 13.2 Å². The number of anilines is 2. The van der Waals surface area contributed by atoms with Crippen molar-refractivity contribution >= 4 is 27.4 Å². The second kappa shape index (κ2) is 6.53. The number of sulfonamides is 1. The summed E-state index contributed by atoms with van der Waals surface area (Å²) in [6.45, 7) is 3.99. The topological polar surface area (TPSA) is 87.7 Å². The molecule has 2 aromatic carbocycles. The minimum Gasteiger partial charge on any atom is -0.496 e. The highest BCUT2D eigenvalue weighted by molar-refractivity contribution is 7.92. The molecule has 0 unspecified atom stereocenters. The summed E-state index contributed by atoms with van der Waals surface area (Å²) in [5.41, 5.74) is 3.40. The first-order valence-corrected chi connectivity index (χ1v) is 9.53. The fraction of sp³-hybridized carbons (Fsp3) is 0.278. The minimum atomic E-state index is -3.75. The third-order valence-electron chi connectivity index (χ3n) is 4.55. The van der Waals surface area contributed by atoms with Gasteiger partial charge in [0.15, 0.2) is 0 Å². The van der Waals surface area contributed by atoms with Crippen LogP contribution in [0.4, 0.5) is 16.2 Å². The van der Waals surface area contributed by atoms with Gasteiger partial charge in [0.1, 0.15) is 5.75 Å². The molecule has 2 amide bonds. The molecule has 3 rings (SSSR count). The predicted molar refractivity (Wildman–Crippen MR) is 100 cm³/mol. The van der Waals surface area contributed by atoms with Crippen LogP contribution in [0.5, 0.6) is 5.75 Å². The molecule has 2 aromatic rings. The van der Waals surface area contributed by atoms with Gasteiger partial charge in [0.2, 0.25) is 0 Å². The van der Waals surface area contributed by atoms with Crippen LogP contribution in [0.1, 0.15) is 16.7 Å². The maximum atomic E-state index is 12.8. The minimum absolute atomic E-state index is 0.185. The standard InChI is InChI=1S/C18H21N3O4S/c1-11-12(2)17(8-7-16(11)25-4)26(23,24)20-14-5-6-15-13(9-14)10-21(3)18(22)19-15/h5-9,20H,10H2,1-4H3,(H,19,22). The van der Waals surface area contributed by atoms with Gasteiger partial charge in [-0.2, -0.15) is 0 Å². The highest BCUT2D eigenvalue weighted by Crippen LogP contribution is 2.30. The third kappa shape index (κ3) is 3.20. The van der Waals surface area contributed by atoms with Crippen molar-refractivity contribution < 1.29 is 17.9 Å². The number of ether oxygens (including phenoxy) is 1. The first-order valence-electron chi connectivity index (χ1n) is 8.05. The number of amides is 2. The van der Waals surface area contributed by atoms with Crippen molar-refractivity contribution in [1.82, 2.24) is 4.90 Å². The van der Waals surface area contributed by atoms with Gasteiger partial charge < -0.3 is 15.0 Å². The normalized spacial score (nSPS) is 13.8. The number of hydrogen-bond acceptors (Lipinski definition) is 4. The highest BCUT2D eigenvalue weighted by Gasteiger charge is 2.22. The number of urea groups is 1. The number of fused-ring (bicyclic) bond motifs is 1. The number of rotatable bonds is 4. The van der Waals surface area contributed by atoms with Crippen LogP contribution >= 0.6 is 0 Å². The number of nitrogens with zero attached hydrogens (tertiary/aromatic N) is 1. The molecule has 26 heavy (non-hydrogen) atoms. The monoisotopic (exact) mass is 375 g/mol. The Morgan fingerprint density at radius 2 is 1.88 bits per heavy atom. The van der Waals surface area contributed by atoms with E-state index in [9.17, 15) is 13.2 Å². The van der Waals surface area contributed by atoms with E-state index < -0.39 is 10.0 Å². The zero-order chi connectivity index (χ0) is 19.1. The molecule has 0 fully saturated rings. The molecule has 8 heteroatoms. The largest absolute Gasteiger partial charge is 0.496 e. The lowest BCUT2D eigenvalue weighted by molar-refractivity contribution is 0.218. The van der Waals surface area contributed by atoms with E-state index in [-0.39, 0.29) is 10.9 Å². The average Bonchev–Trinajstić information content (AvgIpc) is 2.58. The van der Waals surface area contributed by atoms with Crippen LogP contribution in [0.2, 0.25) is 0 Å². The van der Waals surface area contributed by atoms with Crippen molar-refractivity contribution in [2.75, 3.05) is 24.2 Å². The maximum Gasteiger partial charge on any atom is 0.321 e. The second-order valence-electron chi connectivity index (χ2n) is 6.28. The van der Waals surface area contributed by atoms with Crippen LogP contribution in [-0.4, -0.2) is 33.5 Å². The van der Waals surface area contributed by atoms with Crippen LogP contribution < -0.4 is 14.8 Å². The molecule has 0 aliphatic carbocycles. The Labute approximate surface area is 153 Å². The van der Waals surface area contributed by atoms with Crippen LogP contribution in [0.15, 0.2) is 35.2 Å². The summed E-state index contributed by atoms with van der Waals surface area (Å²) in [6, 6.07) is 8.06. The Morgan fingerprint density at radius 1 is 1.15 bits per heavy atom. The van der Waals surface area contributed by atoms with E-state index in [1.165, 1.54) is 11.0 Å². The van der Waals surface area contributed by atoms with Crippen LogP contribution in [0, 0.1) is 13.8 Å². The van der Waals surface area contributed by atoms with Gasteiger partial charge in [-0.15, -0.1) is 0 Å². The Balaban J connectivity index is 1.93. The van der Waals surface area contributed by atoms with Crippen LogP contribution in [-0.2, 0) is 16.6 Å². The van der Waals surface area contributed by atoms with E-state index >= 15 is 0 Å². The predicted octanol–water partition coefficient (Wildman–Crippen LogP) is 3.09. The average molecular weight is 375 g/mol. The first-order chi connectivity index (χ1) is 12.2. The van der Waals surface area contributed by atoms with Crippen molar-refractivity contribution in [3.63, 3.8) is 0 Å². The Morgan fingerprint density at radius 3 is 2.58 bits per heavy atom. The van der Waals surface area contributed by atoms with E-state index in [0.717, 1.165) is 11.1 Å². The van der Waals surface area contributed by atoms with E-state index in [0.29, 0.717) is 29.2 Å². The summed E-state index contributed by atoms with van der Waals surface area (Å²) >= 11 is 0. The molecule has 0 saturated carbocycles. The quantitative estimate of drug-likeness (QED) is 0.860. The zero-order valence-corrected chi connectivity index (χ0v) is 15.9. The third-order valence-corrected chi connectivity index (χ3v) is 6.08. The van der Waals surface area contributed by atoms with Gasteiger partial charge >= 0.3 is 6.03 Å². The van der Waals surface area contributed by atoms with Gasteiger partial charge in [-0.3, -0.25) is 4.72 Å². The lowest BCUT2D eigenvalue weighted by atomic mass is 10.1. The van der Waals surface area contributed by atoms with E-state index in [4.69, 9.17) is 4.74 Å². The van der Waals surface area contributed by atoms with Crippen LogP contribution in [0.3, 0.4) is 0 Å². The molecule has 138 valence electrons. The molecule has 1 heterocycles. The van der Waals surface area contributed by atoms with Crippen molar-refractivity contribution in [3.8, 4) is 5.75 Å². The Hall–Kier alpha value is -2.74. The summed E-state index contributed by atoms with van der Waals surface area (Å²) in [5, 5.41) is 2.76. The lowest BCUT2D eigenvalue weighted by Crippen LogP contribution is -2.35.